The van der Waals surface area contributed by atoms with Gasteiger partial charge in [-0.1, -0.05) is 23.2 Å². The SMILES string of the molecule is NS(=O)(=O)CC[C](Cl)Cl. The van der Waals surface area contributed by atoms with Gasteiger partial charge in [0.1, 0.15) is 0 Å². The van der Waals surface area contributed by atoms with E-state index in [2.05, 4.69) is 5.14 Å². The molecule has 0 atom stereocenters. The molecule has 0 amide bonds. The molecule has 2 N–H and O–H groups in total. The van der Waals surface area contributed by atoms with Crippen LogP contribution in [0.5, 0.6) is 0 Å². The average Bonchev–Trinajstić information content (AvgIpc) is 1.59. The zero-order valence-corrected chi connectivity index (χ0v) is 6.80. The standard InChI is InChI=1S/C3H6Cl2NO2S/c4-3(5)1-2-9(6,7)8/h1-2H2,(H2,6,7,8). The van der Waals surface area contributed by atoms with Gasteiger partial charge in [-0.15, -0.1) is 0 Å². The first-order valence-electron chi connectivity index (χ1n) is 2.09. The Bertz CT molecular complexity index is 165. The Labute approximate surface area is 64.2 Å². The van der Waals surface area contributed by atoms with Crippen LogP contribution in [0.3, 0.4) is 0 Å². The van der Waals surface area contributed by atoms with Crippen molar-refractivity contribution in [1.82, 2.24) is 0 Å². The first kappa shape index (κ1) is 9.49. The van der Waals surface area contributed by atoms with Crippen LogP contribution < -0.4 is 5.14 Å². The van der Waals surface area contributed by atoms with Crippen LogP contribution in [0.1, 0.15) is 6.42 Å². The lowest BCUT2D eigenvalue weighted by molar-refractivity contribution is 0.597. The normalized spacial score (nSPS) is 12.4. The van der Waals surface area contributed by atoms with Gasteiger partial charge in [-0.05, 0) is 6.42 Å². The monoisotopic (exact) mass is 190 g/mol. The molecular weight excluding hydrogens is 185 g/mol. The maximum absolute atomic E-state index is 10.2. The zero-order chi connectivity index (χ0) is 7.49. The predicted octanol–water partition coefficient (Wildman–Crippen LogP) is 0.632. The fourth-order valence-electron chi connectivity index (χ4n) is 0.219. The van der Waals surface area contributed by atoms with Crippen LogP contribution in [0.4, 0.5) is 0 Å². The summed E-state index contributed by atoms with van der Waals surface area (Å²) in [5.41, 5.74) is 0. The van der Waals surface area contributed by atoms with Gasteiger partial charge in [0.25, 0.3) is 0 Å². The number of hydrogen-bond acceptors (Lipinski definition) is 2. The van der Waals surface area contributed by atoms with E-state index in [9.17, 15) is 8.42 Å². The Morgan fingerprint density at radius 1 is 1.44 bits per heavy atom. The molecule has 9 heavy (non-hydrogen) atoms. The van der Waals surface area contributed by atoms with Crippen molar-refractivity contribution in [3.05, 3.63) is 4.84 Å². The lowest BCUT2D eigenvalue weighted by Crippen LogP contribution is -2.16. The maximum Gasteiger partial charge on any atom is 0.209 e. The van der Waals surface area contributed by atoms with Gasteiger partial charge in [-0.3, -0.25) is 0 Å². The second kappa shape index (κ2) is 3.61. The zero-order valence-electron chi connectivity index (χ0n) is 4.47. The minimum atomic E-state index is -3.41. The van der Waals surface area contributed by atoms with Gasteiger partial charge in [-0.25, -0.2) is 13.6 Å². The second-order valence-corrected chi connectivity index (χ2v) is 4.30. The van der Waals surface area contributed by atoms with E-state index in [-0.39, 0.29) is 17.0 Å². The van der Waals surface area contributed by atoms with Gasteiger partial charge < -0.3 is 0 Å². The summed E-state index contributed by atoms with van der Waals surface area (Å²) in [6.45, 7) is 0. The van der Waals surface area contributed by atoms with Gasteiger partial charge in [0.05, 0.1) is 5.75 Å². The molecule has 0 rings (SSSR count). The summed E-state index contributed by atoms with van der Waals surface area (Å²) in [6, 6.07) is 0. The summed E-state index contributed by atoms with van der Waals surface area (Å²) in [7, 11) is -3.41. The summed E-state index contributed by atoms with van der Waals surface area (Å²) in [4.78, 5) is 0.0315. The molecule has 0 fully saturated rings. The highest BCUT2D eigenvalue weighted by Crippen LogP contribution is 2.16. The van der Waals surface area contributed by atoms with Gasteiger partial charge in [0, 0.05) is 0 Å². The molecule has 0 aliphatic rings. The van der Waals surface area contributed by atoms with Crippen LogP contribution in [0.15, 0.2) is 0 Å². The van der Waals surface area contributed by atoms with Crippen molar-refractivity contribution in [2.75, 3.05) is 5.75 Å². The molecule has 6 heteroatoms. The molecule has 0 unspecified atom stereocenters. The highest BCUT2D eigenvalue weighted by atomic mass is 35.5. The summed E-state index contributed by atoms with van der Waals surface area (Å²) in [6.07, 6.45) is 0.0992. The van der Waals surface area contributed by atoms with Crippen molar-refractivity contribution in [3.8, 4) is 0 Å². The number of sulfonamides is 1. The van der Waals surface area contributed by atoms with Crippen molar-refractivity contribution >= 4 is 33.2 Å². The van der Waals surface area contributed by atoms with Crippen LogP contribution in [0.25, 0.3) is 0 Å². The Kier molecular flexibility index (Phi) is 3.80. The third-order valence-electron chi connectivity index (χ3n) is 0.576. The maximum atomic E-state index is 10.2. The summed E-state index contributed by atoms with van der Waals surface area (Å²) in [5.74, 6) is -0.199. The van der Waals surface area contributed by atoms with E-state index in [4.69, 9.17) is 23.2 Å². The van der Waals surface area contributed by atoms with Crippen LogP contribution in [0.2, 0.25) is 0 Å². The summed E-state index contributed by atoms with van der Waals surface area (Å²) >= 11 is 10.3. The molecule has 0 aromatic carbocycles. The van der Waals surface area contributed by atoms with Gasteiger partial charge in [0.2, 0.25) is 10.0 Å². The fourth-order valence-corrected chi connectivity index (χ4v) is 1.12. The van der Waals surface area contributed by atoms with Crippen molar-refractivity contribution in [1.29, 1.82) is 0 Å². The fraction of sp³-hybridized carbons (Fsp3) is 0.667. The van der Waals surface area contributed by atoms with E-state index in [1.54, 1.807) is 0 Å². The smallest absolute Gasteiger partial charge is 0.209 e. The predicted molar refractivity (Wildman–Crippen MR) is 37.5 cm³/mol. The average molecular weight is 191 g/mol. The lowest BCUT2D eigenvalue weighted by atomic mass is 10.6. The minimum Gasteiger partial charge on any atom is -0.229 e. The van der Waals surface area contributed by atoms with Crippen LogP contribution >= 0.6 is 23.2 Å². The largest absolute Gasteiger partial charge is 0.229 e. The minimum absolute atomic E-state index is 0.0315. The molecule has 0 saturated carbocycles. The van der Waals surface area contributed by atoms with E-state index in [1.807, 2.05) is 0 Å². The lowest BCUT2D eigenvalue weighted by Gasteiger charge is -1.95. The highest BCUT2D eigenvalue weighted by molar-refractivity contribution is 7.89. The van der Waals surface area contributed by atoms with E-state index >= 15 is 0 Å². The molecule has 55 valence electrons. The summed E-state index contributed by atoms with van der Waals surface area (Å²) in [5, 5.41) is 4.63. The number of primary sulfonamides is 1. The number of rotatable bonds is 3. The van der Waals surface area contributed by atoms with Crippen molar-refractivity contribution in [3.63, 3.8) is 0 Å². The molecule has 0 bridgehead atoms. The highest BCUT2D eigenvalue weighted by Gasteiger charge is 2.06. The Morgan fingerprint density at radius 3 is 2.00 bits per heavy atom. The van der Waals surface area contributed by atoms with E-state index < -0.39 is 10.0 Å². The molecule has 0 aliphatic heterocycles. The first-order chi connectivity index (χ1) is 3.92. The number of hydrogen-bond donors (Lipinski definition) is 1. The van der Waals surface area contributed by atoms with Gasteiger partial charge in [0.15, 0.2) is 4.84 Å². The quantitative estimate of drug-likeness (QED) is 0.711. The van der Waals surface area contributed by atoms with Crippen molar-refractivity contribution in [2.24, 2.45) is 5.14 Å². The van der Waals surface area contributed by atoms with Crippen LogP contribution in [-0.4, -0.2) is 14.2 Å². The number of halogens is 2. The third-order valence-corrected chi connectivity index (χ3v) is 1.73. The molecular formula is C3H6Cl2NO2S. The molecule has 0 spiro atoms. The van der Waals surface area contributed by atoms with Crippen LogP contribution in [0, 0.1) is 4.84 Å². The molecule has 0 aromatic rings. The molecule has 3 nitrogen and oxygen atoms in total. The second-order valence-electron chi connectivity index (χ2n) is 1.46. The van der Waals surface area contributed by atoms with E-state index in [0.717, 1.165) is 0 Å². The van der Waals surface area contributed by atoms with Gasteiger partial charge in [-0.2, -0.15) is 0 Å². The Hall–Kier alpha value is 0.490. The topological polar surface area (TPSA) is 60.2 Å². The Morgan fingerprint density at radius 2 is 1.89 bits per heavy atom. The van der Waals surface area contributed by atoms with Gasteiger partial charge >= 0.3 is 0 Å². The third kappa shape index (κ3) is 8.49. The summed E-state index contributed by atoms with van der Waals surface area (Å²) < 4.78 is 20.4. The molecule has 0 aliphatic carbocycles. The van der Waals surface area contributed by atoms with Crippen LogP contribution in [-0.2, 0) is 10.0 Å². The van der Waals surface area contributed by atoms with E-state index in [1.165, 1.54) is 0 Å². The molecule has 0 saturated heterocycles. The molecule has 1 radical (unpaired) electrons. The molecule has 0 heterocycles. The van der Waals surface area contributed by atoms with Crippen molar-refractivity contribution < 1.29 is 8.42 Å². The Balaban J connectivity index is 3.53. The molecule has 0 aromatic heterocycles. The number of nitrogens with two attached hydrogens (primary N) is 1. The van der Waals surface area contributed by atoms with E-state index in [0.29, 0.717) is 0 Å². The first-order valence-corrected chi connectivity index (χ1v) is 4.56. The van der Waals surface area contributed by atoms with Crippen molar-refractivity contribution in [2.45, 2.75) is 6.42 Å².